The predicted octanol–water partition coefficient (Wildman–Crippen LogP) is 4.89. The number of nitrogens with zero attached hydrogens (tertiary/aromatic N) is 4. The highest BCUT2D eigenvalue weighted by molar-refractivity contribution is 7.93. The lowest BCUT2D eigenvalue weighted by Gasteiger charge is -2.32. The molecular formula is C26H30FN5O5S. The van der Waals surface area contributed by atoms with Gasteiger partial charge in [0.25, 0.3) is 0 Å². The van der Waals surface area contributed by atoms with Gasteiger partial charge in [0.2, 0.25) is 5.88 Å². The van der Waals surface area contributed by atoms with Crippen LogP contribution < -0.4 is 14.2 Å². The minimum absolute atomic E-state index is 0.0833. The Kier molecular flexibility index (Phi) is 8.45. The molecule has 202 valence electrons. The molecule has 3 heterocycles. The van der Waals surface area contributed by atoms with Gasteiger partial charge in [-0.1, -0.05) is 0 Å². The van der Waals surface area contributed by atoms with Crippen LogP contribution in [0, 0.1) is 12.7 Å². The Morgan fingerprint density at radius 3 is 2.66 bits per heavy atom. The number of benzene rings is 2. The second-order valence-corrected chi connectivity index (χ2v) is 9.34. The topological polar surface area (TPSA) is 94.2 Å². The summed E-state index contributed by atoms with van der Waals surface area (Å²) in [5.41, 5.74) is 2.18. The van der Waals surface area contributed by atoms with Crippen molar-refractivity contribution in [3.05, 3.63) is 48.2 Å². The Labute approximate surface area is 224 Å². The average Bonchev–Trinajstić information content (AvgIpc) is 3.33. The summed E-state index contributed by atoms with van der Waals surface area (Å²) in [5.74, 6) is 0.963. The second-order valence-electron chi connectivity index (χ2n) is 8.87. The number of ether oxygens (including phenoxy) is 3. The zero-order chi connectivity index (χ0) is 26.5. The number of hydroxylamine groups is 2. The zero-order valence-electron chi connectivity index (χ0n) is 21.5. The highest BCUT2D eigenvalue weighted by atomic mass is 32.2. The maximum atomic E-state index is 15.1. The van der Waals surface area contributed by atoms with E-state index in [1.54, 1.807) is 37.4 Å². The Morgan fingerprint density at radius 1 is 1.03 bits per heavy atom. The van der Waals surface area contributed by atoms with Gasteiger partial charge in [-0.15, -0.1) is 9.32 Å². The number of hydrogen-bond acceptors (Lipinski definition) is 10. The van der Waals surface area contributed by atoms with Crippen LogP contribution in [0.4, 0.5) is 4.39 Å². The number of nitrogens with one attached hydrogen (secondary N) is 1. The predicted molar refractivity (Wildman–Crippen MR) is 143 cm³/mol. The fraction of sp³-hybridized carbons (Fsp3) is 0.385. The Hall–Kier alpha value is -3.16. The third-order valence-corrected chi connectivity index (χ3v) is 6.54. The van der Waals surface area contributed by atoms with Crippen molar-refractivity contribution in [2.45, 2.75) is 13.3 Å². The number of halogens is 1. The standard InChI is InChI=1S/C26H30FN5O5S/c1-17-13-18-20(30-17)5-6-22(25(18)27)35-26-19-14-23(33-2)24(15-21(19)28-16-29-26)34-12-4-7-31-8-10-32(11-9-31)36-37-38-3/h5-6,13-16,30H,4,7-12H2,1-3H3. The van der Waals surface area contributed by atoms with Crippen molar-refractivity contribution in [1.29, 1.82) is 0 Å². The van der Waals surface area contributed by atoms with Gasteiger partial charge in [0.15, 0.2) is 23.1 Å². The number of aromatic amines is 1. The molecule has 0 unspecified atom stereocenters. The fourth-order valence-electron chi connectivity index (χ4n) is 4.44. The zero-order valence-corrected chi connectivity index (χ0v) is 22.3. The maximum absolute atomic E-state index is 15.1. The van der Waals surface area contributed by atoms with E-state index in [2.05, 4.69) is 19.9 Å². The molecule has 0 radical (unpaired) electrons. The van der Waals surface area contributed by atoms with Crippen molar-refractivity contribution < 1.29 is 27.9 Å². The van der Waals surface area contributed by atoms with Crippen molar-refractivity contribution >= 4 is 33.8 Å². The normalized spacial score (nSPS) is 14.8. The van der Waals surface area contributed by atoms with Crippen LogP contribution in [0.15, 0.2) is 36.7 Å². The minimum Gasteiger partial charge on any atom is -0.493 e. The summed E-state index contributed by atoms with van der Waals surface area (Å²) < 4.78 is 37.6. The SMILES string of the molecule is COc1cc2c(Oc3ccc4[nH]c(C)cc4c3F)ncnc2cc1OCCCN1CCN(OOSC)CC1. The van der Waals surface area contributed by atoms with Gasteiger partial charge in [0, 0.05) is 73.7 Å². The van der Waals surface area contributed by atoms with Gasteiger partial charge in [-0.2, -0.15) is 5.06 Å². The van der Waals surface area contributed by atoms with Crippen molar-refractivity contribution in [2.24, 2.45) is 0 Å². The van der Waals surface area contributed by atoms with Crippen LogP contribution in [0.2, 0.25) is 0 Å². The number of rotatable bonds is 11. The molecule has 1 N–H and O–H groups in total. The lowest BCUT2D eigenvalue weighted by Crippen LogP contribution is -2.46. The molecule has 12 heteroatoms. The maximum Gasteiger partial charge on any atom is 0.230 e. The summed E-state index contributed by atoms with van der Waals surface area (Å²) in [6.45, 7) is 6.67. The molecule has 0 aliphatic carbocycles. The Morgan fingerprint density at radius 2 is 1.87 bits per heavy atom. The Balaban J connectivity index is 1.24. The van der Waals surface area contributed by atoms with E-state index >= 15 is 4.39 Å². The second kappa shape index (κ2) is 12.1. The number of fused-ring (bicyclic) bond motifs is 2. The number of piperazine rings is 1. The average molecular weight is 544 g/mol. The molecule has 38 heavy (non-hydrogen) atoms. The number of methoxy groups -OCH3 is 1. The van der Waals surface area contributed by atoms with E-state index in [0.717, 1.165) is 44.8 Å². The molecule has 2 aromatic heterocycles. The summed E-state index contributed by atoms with van der Waals surface area (Å²) in [6.07, 6.45) is 4.05. The smallest absolute Gasteiger partial charge is 0.230 e. The van der Waals surface area contributed by atoms with Crippen LogP contribution in [0.3, 0.4) is 0 Å². The van der Waals surface area contributed by atoms with Crippen LogP contribution in [0.5, 0.6) is 23.1 Å². The molecule has 1 fully saturated rings. The molecule has 5 rings (SSSR count). The van der Waals surface area contributed by atoms with E-state index in [0.29, 0.717) is 39.9 Å². The first-order chi connectivity index (χ1) is 18.6. The highest BCUT2D eigenvalue weighted by Crippen LogP contribution is 2.37. The molecule has 0 amide bonds. The van der Waals surface area contributed by atoms with E-state index < -0.39 is 5.82 Å². The van der Waals surface area contributed by atoms with Gasteiger partial charge in [-0.3, -0.25) is 0 Å². The van der Waals surface area contributed by atoms with Gasteiger partial charge in [-0.05, 0) is 37.6 Å². The number of hydrogen-bond donors (Lipinski definition) is 1. The number of aryl methyl sites for hydroxylation is 1. The van der Waals surface area contributed by atoms with Gasteiger partial charge in [0.1, 0.15) is 6.33 Å². The van der Waals surface area contributed by atoms with Gasteiger partial charge < -0.3 is 24.1 Å². The van der Waals surface area contributed by atoms with Crippen molar-refractivity contribution in [3.8, 4) is 23.1 Å². The molecule has 0 saturated carbocycles. The summed E-state index contributed by atoms with van der Waals surface area (Å²) in [7, 11) is 1.57. The van der Waals surface area contributed by atoms with E-state index in [1.165, 1.54) is 18.4 Å². The molecule has 10 nitrogen and oxygen atoms in total. The monoisotopic (exact) mass is 543 g/mol. The van der Waals surface area contributed by atoms with Crippen LogP contribution in [0.1, 0.15) is 12.1 Å². The first-order valence-corrected chi connectivity index (χ1v) is 13.5. The molecule has 2 aromatic carbocycles. The third kappa shape index (κ3) is 5.94. The van der Waals surface area contributed by atoms with Crippen LogP contribution >= 0.6 is 12.0 Å². The van der Waals surface area contributed by atoms with Crippen molar-refractivity contribution in [2.75, 3.05) is 52.7 Å². The van der Waals surface area contributed by atoms with E-state index in [4.69, 9.17) is 23.5 Å². The lowest BCUT2D eigenvalue weighted by molar-refractivity contribution is -0.365. The summed E-state index contributed by atoms with van der Waals surface area (Å²) in [6, 6.07) is 8.66. The van der Waals surface area contributed by atoms with Crippen molar-refractivity contribution in [1.82, 2.24) is 24.9 Å². The molecule has 1 saturated heterocycles. The molecule has 0 bridgehead atoms. The molecule has 4 aromatic rings. The third-order valence-electron chi connectivity index (χ3n) is 6.34. The van der Waals surface area contributed by atoms with Crippen LogP contribution in [-0.2, 0) is 9.32 Å². The van der Waals surface area contributed by atoms with Crippen molar-refractivity contribution in [3.63, 3.8) is 0 Å². The van der Waals surface area contributed by atoms with E-state index in [1.807, 2.05) is 18.2 Å². The van der Waals surface area contributed by atoms with E-state index in [9.17, 15) is 0 Å². The molecule has 1 aliphatic heterocycles. The quantitative estimate of drug-likeness (QED) is 0.122. The summed E-state index contributed by atoms with van der Waals surface area (Å²) in [4.78, 5) is 19.3. The number of aromatic nitrogens is 3. The molecule has 0 spiro atoms. The molecular weight excluding hydrogens is 513 g/mol. The van der Waals surface area contributed by atoms with Gasteiger partial charge >= 0.3 is 0 Å². The van der Waals surface area contributed by atoms with Gasteiger partial charge in [-0.25, -0.2) is 14.4 Å². The summed E-state index contributed by atoms with van der Waals surface area (Å²) >= 11 is 1.18. The first-order valence-electron chi connectivity index (χ1n) is 12.3. The lowest BCUT2D eigenvalue weighted by atomic mass is 10.2. The number of H-pyrrole nitrogens is 1. The molecule has 1 aliphatic rings. The summed E-state index contributed by atoms with van der Waals surface area (Å²) in [5, 5.41) is 2.87. The fourth-order valence-corrected chi connectivity index (χ4v) is 4.58. The van der Waals surface area contributed by atoms with Crippen LogP contribution in [-0.4, -0.2) is 77.6 Å². The highest BCUT2D eigenvalue weighted by Gasteiger charge is 2.19. The largest absolute Gasteiger partial charge is 0.493 e. The Bertz CT molecular complexity index is 1400. The molecule has 0 atom stereocenters. The van der Waals surface area contributed by atoms with Gasteiger partial charge in [0.05, 0.1) is 24.6 Å². The minimum atomic E-state index is -0.451. The van der Waals surface area contributed by atoms with E-state index in [-0.39, 0.29) is 11.6 Å². The van der Waals surface area contributed by atoms with Crippen LogP contribution in [0.25, 0.3) is 21.8 Å². The first kappa shape index (κ1) is 26.4.